The highest BCUT2D eigenvalue weighted by Crippen LogP contribution is 2.22. The zero-order chi connectivity index (χ0) is 13.9. The fourth-order valence-electron chi connectivity index (χ4n) is 2.44. The molecule has 2 aromatic rings. The SMILES string of the molecule is COC[C@H]1CN(C(=O)c2cnccn2)Cc2cncn21. The van der Waals surface area contributed by atoms with Gasteiger partial charge in [-0.15, -0.1) is 0 Å². The second-order valence-electron chi connectivity index (χ2n) is 4.68. The highest BCUT2D eigenvalue weighted by atomic mass is 16.5. The summed E-state index contributed by atoms with van der Waals surface area (Å²) in [5.41, 5.74) is 1.35. The molecule has 3 rings (SSSR count). The largest absolute Gasteiger partial charge is 0.382 e. The molecule has 0 unspecified atom stereocenters. The number of amides is 1. The molecule has 7 nitrogen and oxygen atoms in total. The smallest absolute Gasteiger partial charge is 0.274 e. The molecule has 0 radical (unpaired) electrons. The lowest BCUT2D eigenvalue weighted by Gasteiger charge is -2.33. The molecule has 0 saturated heterocycles. The van der Waals surface area contributed by atoms with Gasteiger partial charge in [0, 0.05) is 32.2 Å². The lowest BCUT2D eigenvalue weighted by Crippen LogP contribution is -2.42. The van der Waals surface area contributed by atoms with Crippen LogP contribution < -0.4 is 0 Å². The zero-order valence-electron chi connectivity index (χ0n) is 11.1. The lowest BCUT2D eigenvalue weighted by atomic mass is 10.2. The molecule has 104 valence electrons. The number of imidazole rings is 1. The van der Waals surface area contributed by atoms with Crippen LogP contribution in [0.15, 0.2) is 31.1 Å². The predicted molar refractivity (Wildman–Crippen MR) is 69.9 cm³/mol. The van der Waals surface area contributed by atoms with E-state index in [0.29, 0.717) is 25.4 Å². The van der Waals surface area contributed by atoms with Crippen LogP contribution in [-0.2, 0) is 11.3 Å². The van der Waals surface area contributed by atoms with Gasteiger partial charge in [-0.25, -0.2) is 9.97 Å². The predicted octanol–water partition coefficient (Wildman–Crippen LogP) is 0.517. The van der Waals surface area contributed by atoms with Gasteiger partial charge in [0.2, 0.25) is 0 Å². The molecule has 1 amide bonds. The van der Waals surface area contributed by atoms with Crippen LogP contribution in [0.3, 0.4) is 0 Å². The van der Waals surface area contributed by atoms with E-state index >= 15 is 0 Å². The number of aromatic nitrogens is 4. The van der Waals surface area contributed by atoms with Crippen LogP contribution in [0.2, 0.25) is 0 Å². The molecule has 0 fully saturated rings. The highest BCUT2D eigenvalue weighted by Gasteiger charge is 2.29. The number of ether oxygens (including phenoxy) is 1. The van der Waals surface area contributed by atoms with Gasteiger partial charge in [0.15, 0.2) is 0 Å². The van der Waals surface area contributed by atoms with Gasteiger partial charge in [0.25, 0.3) is 5.91 Å². The summed E-state index contributed by atoms with van der Waals surface area (Å²) in [5, 5.41) is 0. The lowest BCUT2D eigenvalue weighted by molar-refractivity contribution is 0.0594. The van der Waals surface area contributed by atoms with E-state index in [9.17, 15) is 4.79 Å². The van der Waals surface area contributed by atoms with E-state index in [1.54, 1.807) is 30.7 Å². The van der Waals surface area contributed by atoms with Gasteiger partial charge in [-0.2, -0.15) is 0 Å². The Morgan fingerprint density at radius 2 is 2.30 bits per heavy atom. The fraction of sp³-hybridized carbons (Fsp3) is 0.385. The van der Waals surface area contributed by atoms with Crippen molar-refractivity contribution in [3.63, 3.8) is 0 Å². The Morgan fingerprint density at radius 3 is 3.05 bits per heavy atom. The molecule has 0 aromatic carbocycles. The minimum absolute atomic E-state index is 0.0758. The Labute approximate surface area is 116 Å². The van der Waals surface area contributed by atoms with E-state index in [-0.39, 0.29) is 11.9 Å². The molecule has 3 heterocycles. The highest BCUT2D eigenvalue weighted by molar-refractivity contribution is 5.92. The third-order valence-electron chi connectivity index (χ3n) is 3.35. The first kappa shape index (κ1) is 12.7. The molecule has 2 aromatic heterocycles. The zero-order valence-corrected chi connectivity index (χ0v) is 11.1. The van der Waals surface area contributed by atoms with Gasteiger partial charge in [0.1, 0.15) is 5.69 Å². The molecule has 0 aliphatic carbocycles. The number of methoxy groups -OCH3 is 1. The maximum Gasteiger partial charge on any atom is 0.274 e. The van der Waals surface area contributed by atoms with E-state index in [2.05, 4.69) is 19.5 Å². The summed E-state index contributed by atoms with van der Waals surface area (Å²) >= 11 is 0. The van der Waals surface area contributed by atoms with E-state index in [1.165, 1.54) is 12.4 Å². The van der Waals surface area contributed by atoms with Crippen molar-refractivity contribution in [3.05, 3.63) is 42.5 Å². The summed E-state index contributed by atoms with van der Waals surface area (Å²) in [6, 6.07) is 0.0758. The quantitative estimate of drug-likeness (QED) is 0.815. The number of rotatable bonds is 3. The van der Waals surface area contributed by atoms with Crippen molar-refractivity contribution in [3.8, 4) is 0 Å². The Kier molecular flexibility index (Phi) is 3.42. The van der Waals surface area contributed by atoms with Gasteiger partial charge in [-0.05, 0) is 0 Å². The summed E-state index contributed by atoms with van der Waals surface area (Å²) in [5.74, 6) is -0.119. The van der Waals surface area contributed by atoms with Crippen LogP contribution in [0.5, 0.6) is 0 Å². The van der Waals surface area contributed by atoms with Crippen LogP contribution in [0.25, 0.3) is 0 Å². The summed E-state index contributed by atoms with van der Waals surface area (Å²) < 4.78 is 7.29. The summed E-state index contributed by atoms with van der Waals surface area (Å²) in [6.45, 7) is 1.63. The van der Waals surface area contributed by atoms with Gasteiger partial charge in [-0.1, -0.05) is 0 Å². The summed E-state index contributed by atoms with van der Waals surface area (Å²) in [6.07, 6.45) is 8.12. The van der Waals surface area contributed by atoms with Crippen molar-refractivity contribution in [1.82, 2.24) is 24.4 Å². The third kappa shape index (κ3) is 2.27. The van der Waals surface area contributed by atoms with Crippen molar-refractivity contribution in [2.75, 3.05) is 20.3 Å². The van der Waals surface area contributed by atoms with Crippen molar-refractivity contribution in [2.45, 2.75) is 12.6 Å². The first-order valence-electron chi connectivity index (χ1n) is 6.34. The maximum atomic E-state index is 12.4. The van der Waals surface area contributed by atoms with E-state index < -0.39 is 0 Å². The van der Waals surface area contributed by atoms with Gasteiger partial charge < -0.3 is 14.2 Å². The van der Waals surface area contributed by atoms with Gasteiger partial charge >= 0.3 is 0 Å². The monoisotopic (exact) mass is 273 g/mol. The van der Waals surface area contributed by atoms with Crippen LogP contribution in [-0.4, -0.2) is 50.6 Å². The number of nitrogens with zero attached hydrogens (tertiary/aromatic N) is 5. The second kappa shape index (κ2) is 5.38. The maximum absolute atomic E-state index is 12.4. The summed E-state index contributed by atoms with van der Waals surface area (Å²) in [4.78, 5) is 26.3. The van der Waals surface area contributed by atoms with Crippen molar-refractivity contribution < 1.29 is 9.53 Å². The normalized spacial score (nSPS) is 17.9. The fourth-order valence-corrected chi connectivity index (χ4v) is 2.44. The number of hydrogen-bond acceptors (Lipinski definition) is 5. The second-order valence-corrected chi connectivity index (χ2v) is 4.68. The molecule has 0 saturated carbocycles. The molecule has 20 heavy (non-hydrogen) atoms. The number of hydrogen-bond donors (Lipinski definition) is 0. The van der Waals surface area contributed by atoms with Crippen molar-refractivity contribution in [2.24, 2.45) is 0 Å². The Bertz CT molecular complexity index is 598. The first-order valence-corrected chi connectivity index (χ1v) is 6.34. The van der Waals surface area contributed by atoms with Crippen molar-refractivity contribution >= 4 is 5.91 Å². The van der Waals surface area contributed by atoms with Gasteiger partial charge in [0.05, 0.1) is 37.4 Å². The molecule has 1 atom stereocenters. The topological polar surface area (TPSA) is 73.1 Å². The molecule has 1 aliphatic heterocycles. The standard InChI is InChI=1S/C13H15N5O2/c1-20-8-11-7-17(6-10-4-15-9-18(10)11)13(19)12-5-14-2-3-16-12/h2-5,9,11H,6-8H2,1H3/t11-/m1/s1. The minimum Gasteiger partial charge on any atom is -0.382 e. The average Bonchev–Trinajstić information content (AvgIpc) is 2.96. The summed E-state index contributed by atoms with van der Waals surface area (Å²) in [7, 11) is 1.65. The van der Waals surface area contributed by atoms with Crippen LogP contribution in [0.4, 0.5) is 0 Å². The number of fused-ring (bicyclic) bond motifs is 1. The molecule has 7 heteroatoms. The van der Waals surface area contributed by atoms with Crippen molar-refractivity contribution in [1.29, 1.82) is 0 Å². The van der Waals surface area contributed by atoms with E-state index in [0.717, 1.165) is 5.69 Å². The Morgan fingerprint density at radius 1 is 1.40 bits per heavy atom. The molecule has 0 bridgehead atoms. The number of carbonyl (C=O) groups excluding carboxylic acids is 1. The third-order valence-corrected chi connectivity index (χ3v) is 3.35. The number of carbonyl (C=O) groups is 1. The minimum atomic E-state index is -0.119. The van der Waals surface area contributed by atoms with E-state index in [4.69, 9.17) is 4.74 Å². The first-order chi connectivity index (χ1) is 9.79. The van der Waals surface area contributed by atoms with Crippen LogP contribution in [0.1, 0.15) is 22.2 Å². The van der Waals surface area contributed by atoms with E-state index in [1.807, 2.05) is 0 Å². The Hall–Kier alpha value is -2.28. The molecular formula is C13H15N5O2. The van der Waals surface area contributed by atoms with Crippen LogP contribution >= 0.6 is 0 Å². The van der Waals surface area contributed by atoms with Gasteiger partial charge in [-0.3, -0.25) is 9.78 Å². The Balaban J connectivity index is 1.84. The molecule has 1 aliphatic rings. The average molecular weight is 273 g/mol. The van der Waals surface area contributed by atoms with Crippen LogP contribution in [0, 0.1) is 0 Å². The molecule has 0 spiro atoms. The molecule has 0 N–H and O–H groups in total. The molecular weight excluding hydrogens is 258 g/mol.